The number of thioether (sulfide) groups is 1. The van der Waals surface area contributed by atoms with Crippen LogP contribution in [0.5, 0.6) is 0 Å². The third-order valence-corrected chi connectivity index (χ3v) is 3.74. The Bertz CT molecular complexity index is 508. The van der Waals surface area contributed by atoms with Gasteiger partial charge in [0.05, 0.1) is 6.33 Å². The number of benzene rings is 1. The highest BCUT2D eigenvalue weighted by Gasteiger charge is 1.97. The first-order chi connectivity index (χ1) is 9.84. The van der Waals surface area contributed by atoms with Crippen LogP contribution in [0.1, 0.15) is 17.7 Å². The van der Waals surface area contributed by atoms with Crippen LogP contribution in [0.15, 0.2) is 47.8 Å². The number of imidazole rings is 1. The zero-order valence-corrected chi connectivity index (χ0v) is 12.3. The third kappa shape index (κ3) is 5.48. The van der Waals surface area contributed by atoms with Gasteiger partial charge in [0.15, 0.2) is 5.17 Å². The van der Waals surface area contributed by atoms with Gasteiger partial charge in [-0.05, 0) is 24.8 Å². The summed E-state index contributed by atoms with van der Waals surface area (Å²) in [5.41, 5.74) is 8.37. The van der Waals surface area contributed by atoms with Crippen molar-refractivity contribution in [3.05, 3.63) is 54.1 Å². The number of amidine groups is 1. The number of aryl methyl sites for hydroxylation is 2. The first-order valence-corrected chi connectivity index (χ1v) is 7.77. The summed E-state index contributed by atoms with van der Waals surface area (Å²) >= 11 is 1.60. The standard InChI is InChI=1S/C15H20N4S/c16-15(20-10-8-14-11-17-12-19-14)18-9-4-7-13-5-2-1-3-6-13/h1-3,5-6,11-12H,4,7-10H2,(H2,16,18)(H,17,19). The predicted octanol–water partition coefficient (Wildman–Crippen LogP) is 2.63. The predicted molar refractivity (Wildman–Crippen MR) is 86.0 cm³/mol. The number of rotatable bonds is 7. The highest BCUT2D eigenvalue weighted by atomic mass is 32.2. The number of nitrogens with two attached hydrogens (primary N) is 1. The Morgan fingerprint density at radius 2 is 2.10 bits per heavy atom. The van der Waals surface area contributed by atoms with Gasteiger partial charge in [-0.25, -0.2) is 4.98 Å². The first-order valence-electron chi connectivity index (χ1n) is 6.78. The van der Waals surface area contributed by atoms with E-state index in [1.165, 1.54) is 5.56 Å². The Morgan fingerprint density at radius 1 is 1.25 bits per heavy atom. The molecule has 0 radical (unpaired) electrons. The van der Waals surface area contributed by atoms with Crippen molar-refractivity contribution in [3.63, 3.8) is 0 Å². The van der Waals surface area contributed by atoms with Crippen LogP contribution in [0, 0.1) is 0 Å². The van der Waals surface area contributed by atoms with Gasteiger partial charge < -0.3 is 10.7 Å². The second kappa shape index (κ2) is 8.43. The van der Waals surface area contributed by atoms with Crippen LogP contribution in [-0.2, 0) is 12.8 Å². The number of hydrogen-bond donors (Lipinski definition) is 2. The van der Waals surface area contributed by atoms with Gasteiger partial charge in [-0.1, -0.05) is 42.1 Å². The lowest BCUT2D eigenvalue weighted by Gasteiger charge is -2.01. The van der Waals surface area contributed by atoms with E-state index in [0.717, 1.165) is 37.3 Å². The molecular weight excluding hydrogens is 268 g/mol. The largest absolute Gasteiger partial charge is 0.379 e. The normalized spacial score (nSPS) is 11.7. The molecule has 0 aliphatic heterocycles. The van der Waals surface area contributed by atoms with E-state index in [0.29, 0.717) is 5.17 Å². The van der Waals surface area contributed by atoms with Crippen LogP contribution in [0.4, 0.5) is 0 Å². The molecule has 0 unspecified atom stereocenters. The number of nitrogens with one attached hydrogen (secondary N) is 1. The smallest absolute Gasteiger partial charge is 0.153 e. The number of hydrogen-bond acceptors (Lipinski definition) is 3. The SMILES string of the molecule is NC(=NCCCc1ccccc1)SCCc1cnc[nH]1. The lowest BCUT2D eigenvalue weighted by molar-refractivity contribution is 0.834. The van der Waals surface area contributed by atoms with Gasteiger partial charge in [-0.2, -0.15) is 0 Å². The van der Waals surface area contributed by atoms with Gasteiger partial charge in [-0.15, -0.1) is 0 Å². The molecule has 20 heavy (non-hydrogen) atoms. The van der Waals surface area contributed by atoms with Crippen LogP contribution < -0.4 is 5.73 Å². The molecule has 2 aromatic rings. The first kappa shape index (κ1) is 14.7. The highest BCUT2D eigenvalue weighted by molar-refractivity contribution is 8.13. The maximum absolute atomic E-state index is 5.88. The second-order valence-electron chi connectivity index (χ2n) is 4.48. The fourth-order valence-corrected chi connectivity index (χ4v) is 2.56. The molecule has 1 aromatic heterocycles. The van der Waals surface area contributed by atoms with Crippen LogP contribution >= 0.6 is 11.8 Å². The molecule has 0 aliphatic rings. The molecule has 0 spiro atoms. The van der Waals surface area contributed by atoms with E-state index >= 15 is 0 Å². The number of aromatic amines is 1. The zero-order valence-electron chi connectivity index (χ0n) is 11.5. The van der Waals surface area contributed by atoms with E-state index in [1.54, 1.807) is 18.1 Å². The van der Waals surface area contributed by atoms with E-state index in [4.69, 9.17) is 5.73 Å². The van der Waals surface area contributed by atoms with Crippen molar-refractivity contribution in [2.24, 2.45) is 10.7 Å². The average Bonchev–Trinajstić information content (AvgIpc) is 2.98. The van der Waals surface area contributed by atoms with Gasteiger partial charge in [0.1, 0.15) is 0 Å². The molecule has 0 amide bonds. The van der Waals surface area contributed by atoms with Crippen LogP contribution in [0.25, 0.3) is 0 Å². The van der Waals surface area contributed by atoms with E-state index in [1.807, 2.05) is 12.3 Å². The summed E-state index contributed by atoms with van der Waals surface area (Å²) in [5, 5.41) is 0.678. The Hall–Kier alpha value is -1.75. The van der Waals surface area contributed by atoms with Gasteiger partial charge in [0, 0.05) is 24.2 Å². The molecule has 0 saturated heterocycles. The lowest BCUT2D eigenvalue weighted by atomic mass is 10.1. The molecule has 106 valence electrons. The Kier molecular flexibility index (Phi) is 6.17. The molecule has 4 nitrogen and oxygen atoms in total. The van der Waals surface area contributed by atoms with Gasteiger partial charge >= 0.3 is 0 Å². The van der Waals surface area contributed by atoms with E-state index in [-0.39, 0.29) is 0 Å². The summed E-state index contributed by atoms with van der Waals surface area (Å²) in [6.45, 7) is 0.789. The number of aromatic nitrogens is 2. The van der Waals surface area contributed by atoms with Gasteiger partial charge in [0.25, 0.3) is 0 Å². The molecule has 0 atom stereocenters. The quantitative estimate of drug-likeness (QED) is 0.467. The molecule has 0 bridgehead atoms. The summed E-state index contributed by atoms with van der Waals surface area (Å²) < 4.78 is 0. The highest BCUT2D eigenvalue weighted by Crippen LogP contribution is 2.06. The minimum Gasteiger partial charge on any atom is -0.379 e. The minimum absolute atomic E-state index is 0.678. The van der Waals surface area contributed by atoms with Crippen LogP contribution in [0.2, 0.25) is 0 Å². The van der Waals surface area contributed by atoms with E-state index in [2.05, 4.69) is 39.2 Å². The van der Waals surface area contributed by atoms with Crippen molar-refractivity contribution >= 4 is 16.9 Å². The summed E-state index contributed by atoms with van der Waals surface area (Å²) in [6.07, 6.45) is 6.56. The summed E-state index contributed by atoms with van der Waals surface area (Å²) in [6, 6.07) is 10.5. The molecule has 3 N–H and O–H groups in total. The zero-order chi connectivity index (χ0) is 14.0. The third-order valence-electron chi connectivity index (χ3n) is 2.91. The number of nitrogens with zero attached hydrogens (tertiary/aromatic N) is 2. The van der Waals surface area contributed by atoms with Crippen LogP contribution in [0.3, 0.4) is 0 Å². The Labute approximate surface area is 123 Å². The van der Waals surface area contributed by atoms with Gasteiger partial charge in [-0.3, -0.25) is 4.99 Å². The van der Waals surface area contributed by atoms with Crippen molar-refractivity contribution in [1.82, 2.24) is 9.97 Å². The summed E-state index contributed by atoms with van der Waals surface area (Å²) in [5.74, 6) is 0.927. The van der Waals surface area contributed by atoms with Crippen molar-refractivity contribution < 1.29 is 0 Å². The minimum atomic E-state index is 0.678. The lowest BCUT2D eigenvalue weighted by Crippen LogP contribution is -2.09. The van der Waals surface area contributed by atoms with Crippen molar-refractivity contribution in [1.29, 1.82) is 0 Å². The number of aliphatic imine (C=N–C) groups is 1. The Balaban J connectivity index is 1.59. The Morgan fingerprint density at radius 3 is 2.85 bits per heavy atom. The average molecular weight is 288 g/mol. The molecule has 0 fully saturated rings. The second-order valence-corrected chi connectivity index (χ2v) is 5.60. The number of H-pyrrole nitrogens is 1. The van der Waals surface area contributed by atoms with E-state index in [9.17, 15) is 0 Å². The molecule has 0 saturated carbocycles. The molecule has 0 aliphatic carbocycles. The van der Waals surface area contributed by atoms with E-state index < -0.39 is 0 Å². The van der Waals surface area contributed by atoms with Gasteiger partial charge in [0.2, 0.25) is 0 Å². The molecule has 5 heteroatoms. The topological polar surface area (TPSA) is 67.1 Å². The van der Waals surface area contributed by atoms with Crippen LogP contribution in [-0.4, -0.2) is 27.4 Å². The monoisotopic (exact) mass is 288 g/mol. The van der Waals surface area contributed by atoms with Crippen molar-refractivity contribution in [3.8, 4) is 0 Å². The summed E-state index contributed by atoms with van der Waals surface area (Å²) in [4.78, 5) is 11.4. The maximum Gasteiger partial charge on any atom is 0.153 e. The molecule has 1 aromatic carbocycles. The van der Waals surface area contributed by atoms with Crippen molar-refractivity contribution in [2.75, 3.05) is 12.3 Å². The molecule has 2 rings (SSSR count). The van der Waals surface area contributed by atoms with Crippen molar-refractivity contribution in [2.45, 2.75) is 19.3 Å². The maximum atomic E-state index is 5.88. The molecular formula is C15H20N4S. The fourth-order valence-electron chi connectivity index (χ4n) is 1.85. The molecule has 1 heterocycles. The fraction of sp³-hybridized carbons (Fsp3) is 0.333. The summed E-state index contributed by atoms with van der Waals surface area (Å²) in [7, 11) is 0.